The highest BCUT2D eigenvalue weighted by atomic mass is 32.1. The molecule has 0 radical (unpaired) electrons. The van der Waals surface area contributed by atoms with E-state index < -0.39 is 6.04 Å². The Bertz CT molecular complexity index is 980. The Morgan fingerprint density at radius 1 is 1.18 bits per heavy atom. The molecule has 0 aliphatic carbocycles. The third-order valence-electron chi connectivity index (χ3n) is 4.58. The van der Waals surface area contributed by atoms with Gasteiger partial charge in [0, 0.05) is 34.0 Å². The van der Waals surface area contributed by atoms with Gasteiger partial charge in [-0.15, -0.1) is 22.7 Å². The second-order valence-corrected chi connectivity index (χ2v) is 8.43. The molecule has 3 aromatic rings. The monoisotopic (exact) mass is 409 g/mol. The Kier molecular flexibility index (Phi) is 5.64. The average Bonchev–Trinajstić information content (AvgIpc) is 3.48. The van der Waals surface area contributed by atoms with E-state index in [-0.39, 0.29) is 11.8 Å². The normalized spacial score (nSPS) is 16.6. The van der Waals surface area contributed by atoms with Crippen LogP contribution in [0, 0.1) is 0 Å². The van der Waals surface area contributed by atoms with Crippen LogP contribution in [0.15, 0.2) is 60.1 Å². The van der Waals surface area contributed by atoms with Gasteiger partial charge in [0.2, 0.25) is 11.8 Å². The predicted octanol–water partition coefficient (Wildman–Crippen LogP) is 4.51. The van der Waals surface area contributed by atoms with E-state index in [4.69, 9.17) is 0 Å². The highest BCUT2D eigenvalue weighted by Crippen LogP contribution is 2.29. The van der Waals surface area contributed by atoms with Gasteiger partial charge in [-0.1, -0.05) is 30.3 Å². The zero-order valence-corrected chi connectivity index (χ0v) is 16.7. The van der Waals surface area contributed by atoms with Crippen LogP contribution in [0.5, 0.6) is 0 Å². The maximum absolute atomic E-state index is 12.7. The standard InChI is InChI=1S/C21H19N3O2S2/c25-19(11-9-16-8-10-18(28-16)15-5-2-1-3-6-15)24-13-4-7-17(24)20(26)23-21-22-12-14-27-21/h1-3,5-6,8-12,14,17H,4,7,13H2,(H,22,23,26)/b11-9+. The topological polar surface area (TPSA) is 62.3 Å². The van der Waals surface area contributed by atoms with E-state index in [9.17, 15) is 9.59 Å². The van der Waals surface area contributed by atoms with Crippen molar-refractivity contribution in [1.82, 2.24) is 9.88 Å². The molecule has 7 heteroatoms. The third-order valence-corrected chi connectivity index (χ3v) is 6.36. The van der Waals surface area contributed by atoms with Crippen molar-refractivity contribution in [2.24, 2.45) is 0 Å². The summed E-state index contributed by atoms with van der Waals surface area (Å²) in [6, 6.07) is 13.8. The van der Waals surface area contributed by atoms with Crippen LogP contribution in [-0.2, 0) is 9.59 Å². The molecule has 28 heavy (non-hydrogen) atoms. The molecule has 5 nitrogen and oxygen atoms in total. The highest BCUT2D eigenvalue weighted by molar-refractivity contribution is 7.16. The summed E-state index contributed by atoms with van der Waals surface area (Å²) in [5, 5.41) is 5.16. The molecule has 1 N–H and O–H groups in total. The minimum absolute atomic E-state index is 0.133. The van der Waals surface area contributed by atoms with E-state index in [0.717, 1.165) is 21.7 Å². The summed E-state index contributed by atoms with van der Waals surface area (Å²) in [7, 11) is 0. The van der Waals surface area contributed by atoms with E-state index in [1.807, 2.05) is 30.3 Å². The van der Waals surface area contributed by atoms with Crippen LogP contribution < -0.4 is 5.32 Å². The van der Waals surface area contributed by atoms with E-state index >= 15 is 0 Å². The van der Waals surface area contributed by atoms with Crippen molar-refractivity contribution in [3.05, 3.63) is 65.0 Å². The van der Waals surface area contributed by atoms with Crippen molar-refractivity contribution in [2.45, 2.75) is 18.9 Å². The number of thiophene rings is 1. The van der Waals surface area contributed by atoms with Crippen LogP contribution >= 0.6 is 22.7 Å². The van der Waals surface area contributed by atoms with Crippen LogP contribution in [-0.4, -0.2) is 34.3 Å². The number of nitrogens with one attached hydrogen (secondary N) is 1. The molecular weight excluding hydrogens is 390 g/mol. The second kappa shape index (κ2) is 8.50. The first-order valence-electron chi connectivity index (χ1n) is 9.05. The molecule has 1 aliphatic heterocycles. The largest absolute Gasteiger partial charge is 0.327 e. The Balaban J connectivity index is 1.41. The number of benzene rings is 1. The molecule has 1 aliphatic rings. The van der Waals surface area contributed by atoms with Gasteiger partial charge in [-0.05, 0) is 36.6 Å². The van der Waals surface area contributed by atoms with Crippen molar-refractivity contribution >= 4 is 45.7 Å². The number of rotatable bonds is 5. The third kappa shape index (κ3) is 4.21. The number of carbonyl (C=O) groups excluding carboxylic acids is 2. The van der Waals surface area contributed by atoms with Crippen LogP contribution in [0.1, 0.15) is 17.7 Å². The molecule has 1 atom stereocenters. The van der Waals surface area contributed by atoms with Gasteiger partial charge >= 0.3 is 0 Å². The van der Waals surface area contributed by atoms with Gasteiger partial charge in [-0.25, -0.2) is 4.98 Å². The lowest BCUT2D eigenvalue weighted by atomic mass is 10.2. The van der Waals surface area contributed by atoms with Gasteiger partial charge in [-0.3, -0.25) is 9.59 Å². The summed E-state index contributed by atoms with van der Waals surface area (Å²) in [6.45, 7) is 0.596. The average molecular weight is 410 g/mol. The summed E-state index contributed by atoms with van der Waals surface area (Å²) in [5.74, 6) is -0.303. The fourth-order valence-electron chi connectivity index (χ4n) is 3.23. The van der Waals surface area contributed by atoms with Gasteiger partial charge in [0.25, 0.3) is 0 Å². The van der Waals surface area contributed by atoms with Crippen LogP contribution in [0.3, 0.4) is 0 Å². The van der Waals surface area contributed by atoms with Crippen molar-refractivity contribution in [2.75, 3.05) is 11.9 Å². The van der Waals surface area contributed by atoms with Crippen molar-refractivity contribution in [3.63, 3.8) is 0 Å². The van der Waals surface area contributed by atoms with Crippen LogP contribution in [0.4, 0.5) is 5.13 Å². The second-order valence-electron chi connectivity index (χ2n) is 6.42. The van der Waals surface area contributed by atoms with E-state index in [1.165, 1.54) is 11.3 Å². The maximum atomic E-state index is 12.7. The smallest absolute Gasteiger partial charge is 0.248 e. The molecular formula is C21H19N3O2S2. The molecule has 0 spiro atoms. The number of carbonyl (C=O) groups is 2. The lowest BCUT2D eigenvalue weighted by Crippen LogP contribution is -2.42. The van der Waals surface area contributed by atoms with Crippen molar-refractivity contribution in [1.29, 1.82) is 0 Å². The van der Waals surface area contributed by atoms with Gasteiger partial charge < -0.3 is 10.2 Å². The Morgan fingerprint density at radius 2 is 2.04 bits per heavy atom. The first kappa shape index (κ1) is 18.6. The van der Waals surface area contributed by atoms with Crippen LogP contribution in [0.25, 0.3) is 16.5 Å². The highest BCUT2D eigenvalue weighted by Gasteiger charge is 2.33. The van der Waals surface area contributed by atoms with Crippen LogP contribution in [0.2, 0.25) is 0 Å². The summed E-state index contributed by atoms with van der Waals surface area (Å²) < 4.78 is 0. The molecule has 2 amide bonds. The molecule has 4 rings (SSSR count). The number of aromatic nitrogens is 1. The zero-order chi connectivity index (χ0) is 19.3. The number of hydrogen-bond donors (Lipinski definition) is 1. The van der Waals surface area contributed by atoms with E-state index in [2.05, 4.69) is 28.5 Å². The zero-order valence-electron chi connectivity index (χ0n) is 15.1. The number of thiazole rings is 1. The quantitative estimate of drug-likeness (QED) is 0.631. The molecule has 142 valence electrons. The van der Waals surface area contributed by atoms with Gasteiger partial charge in [0.1, 0.15) is 6.04 Å². The number of hydrogen-bond acceptors (Lipinski definition) is 5. The molecule has 1 fully saturated rings. The Hall–Kier alpha value is -2.77. The number of nitrogens with zero attached hydrogens (tertiary/aromatic N) is 2. The summed E-state index contributed by atoms with van der Waals surface area (Å²) in [5.41, 5.74) is 1.16. The summed E-state index contributed by atoms with van der Waals surface area (Å²) >= 11 is 3.01. The molecule has 1 unspecified atom stereocenters. The first-order chi connectivity index (χ1) is 13.7. The molecule has 1 aromatic carbocycles. The fourth-order valence-corrected chi connectivity index (χ4v) is 4.67. The number of amides is 2. The van der Waals surface area contributed by atoms with Crippen molar-refractivity contribution in [3.8, 4) is 10.4 Å². The van der Waals surface area contributed by atoms with E-state index in [0.29, 0.717) is 18.1 Å². The Labute approximate surface area is 171 Å². The summed E-state index contributed by atoms with van der Waals surface area (Å²) in [6.07, 6.45) is 6.54. The molecule has 1 saturated heterocycles. The lowest BCUT2D eigenvalue weighted by Gasteiger charge is -2.22. The molecule has 0 saturated carbocycles. The number of likely N-dealkylation sites (tertiary alicyclic amines) is 1. The minimum atomic E-state index is -0.440. The van der Waals surface area contributed by atoms with Gasteiger partial charge in [-0.2, -0.15) is 0 Å². The van der Waals surface area contributed by atoms with Gasteiger partial charge in [0.15, 0.2) is 5.13 Å². The fraction of sp³-hybridized carbons (Fsp3) is 0.190. The summed E-state index contributed by atoms with van der Waals surface area (Å²) in [4.78, 5) is 33.1. The molecule has 0 bridgehead atoms. The predicted molar refractivity (Wildman–Crippen MR) is 114 cm³/mol. The molecule has 2 aromatic heterocycles. The molecule has 3 heterocycles. The SMILES string of the molecule is O=C(Nc1nccs1)C1CCCN1C(=O)/C=C/c1ccc(-c2ccccc2)s1. The van der Waals surface area contributed by atoms with E-state index in [1.54, 1.807) is 33.9 Å². The first-order valence-corrected chi connectivity index (χ1v) is 10.7. The van der Waals surface area contributed by atoms with Gasteiger partial charge in [0.05, 0.1) is 0 Å². The lowest BCUT2D eigenvalue weighted by molar-refractivity contribution is -0.132. The maximum Gasteiger partial charge on any atom is 0.248 e. The number of anilines is 1. The van der Waals surface area contributed by atoms with Crippen molar-refractivity contribution < 1.29 is 9.59 Å². The minimum Gasteiger partial charge on any atom is -0.327 e. The Morgan fingerprint density at radius 3 is 2.82 bits per heavy atom.